The van der Waals surface area contributed by atoms with Crippen molar-refractivity contribution in [2.24, 2.45) is 0 Å². The number of rotatable bonds is 10. The van der Waals surface area contributed by atoms with Gasteiger partial charge in [0.2, 0.25) is 0 Å². The van der Waals surface area contributed by atoms with Gasteiger partial charge in [-0.05, 0) is 30.5 Å². The molecule has 0 heterocycles. The summed E-state index contributed by atoms with van der Waals surface area (Å²) in [6.07, 6.45) is -2.14. The fourth-order valence-electron chi connectivity index (χ4n) is 2.34. The summed E-state index contributed by atoms with van der Waals surface area (Å²) >= 11 is 0. The van der Waals surface area contributed by atoms with Crippen LogP contribution in [-0.2, 0) is 4.74 Å². The van der Waals surface area contributed by atoms with Crippen molar-refractivity contribution in [2.45, 2.75) is 64.1 Å². The number of alkyl halides is 3. The molecule has 4 nitrogen and oxygen atoms in total. The molecule has 25 heavy (non-hydrogen) atoms. The van der Waals surface area contributed by atoms with Gasteiger partial charge in [-0.1, -0.05) is 51.2 Å². The number of carbonyl (C=O) groups excluding carboxylic acids is 2. The first kappa shape index (κ1) is 21.0. The molecule has 0 aliphatic carbocycles. The lowest BCUT2D eigenvalue weighted by Gasteiger charge is -2.20. The Kier molecular flexibility index (Phi) is 8.45. The third-order valence-corrected chi connectivity index (χ3v) is 3.79. The van der Waals surface area contributed by atoms with Crippen LogP contribution in [0.25, 0.3) is 0 Å². The second-order valence-electron chi connectivity index (χ2n) is 5.86. The van der Waals surface area contributed by atoms with Crippen LogP contribution in [0.4, 0.5) is 13.2 Å². The number of carboxylic acids is 1. The summed E-state index contributed by atoms with van der Waals surface area (Å²) in [5, 5.41) is 10.6. The van der Waals surface area contributed by atoms with Gasteiger partial charge < -0.3 is 14.6 Å². The Balaban J connectivity index is 2.59. The molecule has 0 bridgehead atoms. The fraction of sp³-hybridized carbons (Fsp3) is 0.556. The molecule has 1 aromatic rings. The van der Waals surface area contributed by atoms with Gasteiger partial charge in [-0.2, -0.15) is 13.2 Å². The Labute approximate surface area is 145 Å². The van der Waals surface area contributed by atoms with E-state index in [1.165, 1.54) is 0 Å². The van der Waals surface area contributed by atoms with E-state index in [0.717, 1.165) is 49.9 Å². The van der Waals surface area contributed by atoms with Gasteiger partial charge in [-0.25, -0.2) is 4.79 Å². The van der Waals surface area contributed by atoms with Crippen molar-refractivity contribution >= 4 is 11.9 Å². The number of carboxylic acid groups (broad SMARTS) is 1. The minimum atomic E-state index is -4.63. The molecular weight excluding hydrogens is 337 g/mol. The van der Waals surface area contributed by atoms with Gasteiger partial charge in [0.25, 0.3) is 0 Å². The van der Waals surface area contributed by atoms with Gasteiger partial charge in [0.15, 0.2) is 6.10 Å². The van der Waals surface area contributed by atoms with Crippen molar-refractivity contribution in [3.63, 3.8) is 0 Å². The lowest BCUT2D eigenvalue weighted by Crippen LogP contribution is -2.34. The molecule has 0 saturated carbocycles. The average Bonchev–Trinajstić information content (AvgIpc) is 2.55. The number of unbranched alkanes of at least 4 members (excludes halogenated alkanes) is 5. The maximum atomic E-state index is 13.0. The minimum Gasteiger partial charge on any atom is -0.545 e. The zero-order chi connectivity index (χ0) is 18.9. The highest BCUT2D eigenvalue weighted by Crippen LogP contribution is 2.28. The lowest BCUT2D eigenvalue weighted by atomic mass is 10.1. The van der Waals surface area contributed by atoms with Crippen LogP contribution >= 0.6 is 0 Å². The molecule has 140 valence electrons. The molecule has 0 radical (unpaired) electrons. The second-order valence-corrected chi connectivity index (χ2v) is 5.86. The van der Waals surface area contributed by atoms with Gasteiger partial charge in [0.05, 0.1) is 11.5 Å². The van der Waals surface area contributed by atoms with Crippen molar-refractivity contribution in [1.29, 1.82) is 0 Å². The number of esters is 1. The molecule has 0 aromatic heterocycles. The van der Waals surface area contributed by atoms with E-state index in [-0.39, 0.29) is 17.5 Å². The summed E-state index contributed by atoms with van der Waals surface area (Å²) in [5.41, 5.74) is -0.307. The molecule has 1 rings (SSSR count). The van der Waals surface area contributed by atoms with E-state index in [1.807, 2.05) is 0 Å². The topological polar surface area (TPSA) is 66.4 Å². The first-order valence-electron chi connectivity index (χ1n) is 8.34. The summed E-state index contributed by atoms with van der Waals surface area (Å²) in [5.74, 6) is -2.56. The number of aromatic carboxylic acids is 1. The van der Waals surface area contributed by atoms with Crippen molar-refractivity contribution < 1.29 is 32.6 Å². The monoisotopic (exact) mass is 359 g/mol. The Bertz CT molecular complexity index is 552. The average molecular weight is 359 g/mol. The number of halogens is 3. The van der Waals surface area contributed by atoms with E-state index >= 15 is 0 Å². The van der Waals surface area contributed by atoms with Gasteiger partial charge in [-0.15, -0.1) is 0 Å². The number of hydrogen-bond donors (Lipinski definition) is 0. The van der Waals surface area contributed by atoms with E-state index in [2.05, 4.69) is 11.7 Å². The molecule has 7 heteroatoms. The number of hydrogen-bond acceptors (Lipinski definition) is 4. The predicted molar refractivity (Wildman–Crippen MR) is 84.0 cm³/mol. The van der Waals surface area contributed by atoms with E-state index < -0.39 is 24.2 Å². The van der Waals surface area contributed by atoms with Gasteiger partial charge in [-0.3, -0.25) is 0 Å². The molecule has 1 unspecified atom stereocenters. The molecule has 0 saturated heterocycles. The van der Waals surface area contributed by atoms with Crippen molar-refractivity contribution in [2.75, 3.05) is 0 Å². The Morgan fingerprint density at radius 3 is 2.04 bits per heavy atom. The standard InChI is InChI=1S/C18H23F3O4/c1-2-3-4-5-6-7-8-15(18(19,20)21)25-17(24)14-11-9-13(10-12-14)16(22)23/h9-12,15H,2-8H2,1H3,(H,22,23)/p-1. The van der Waals surface area contributed by atoms with E-state index in [4.69, 9.17) is 0 Å². The maximum Gasteiger partial charge on any atom is 0.425 e. The smallest absolute Gasteiger partial charge is 0.425 e. The Morgan fingerprint density at radius 1 is 1.00 bits per heavy atom. The fourth-order valence-corrected chi connectivity index (χ4v) is 2.34. The molecule has 0 N–H and O–H groups in total. The normalized spacial score (nSPS) is 12.6. The van der Waals surface area contributed by atoms with Gasteiger partial charge >= 0.3 is 12.1 Å². The summed E-state index contributed by atoms with van der Waals surface area (Å²) in [6, 6.07) is 4.38. The van der Waals surface area contributed by atoms with Crippen LogP contribution in [0, 0.1) is 0 Å². The first-order valence-corrected chi connectivity index (χ1v) is 8.34. The van der Waals surface area contributed by atoms with Crippen molar-refractivity contribution in [3.05, 3.63) is 35.4 Å². The first-order chi connectivity index (χ1) is 11.8. The Hall–Kier alpha value is -2.05. The zero-order valence-electron chi connectivity index (χ0n) is 14.1. The molecule has 1 atom stereocenters. The molecule has 0 fully saturated rings. The van der Waals surface area contributed by atoms with E-state index in [9.17, 15) is 27.9 Å². The molecule has 1 aromatic carbocycles. The summed E-state index contributed by atoms with van der Waals surface area (Å²) in [6.45, 7) is 2.05. The van der Waals surface area contributed by atoms with Gasteiger partial charge in [0, 0.05) is 0 Å². The highest BCUT2D eigenvalue weighted by molar-refractivity contribution is 5.92. The van der Waals surface area contributed by atoms with Crippen molar-refractivity contribution in [3.8, 4) is 0 Å². The second kappa shape index (κ2) is 10.1. The highest BCUT2D eigenvalue weighted by atomic mass is 19.4. The van der Waals surface area contributed by atoms with Crippen molar-refractivity contribution in [1.82, 2.24) is 0 Å². The van der Waals surface area contributed by atoms with Crippen LogP contribution in [0.3, 0.4) is 0 Å². The SMILES string of the molecule is CCCCCCCCC(OC(=O)c1ccc(C(=O)[O-])cc1)C(F)(F)F. The molecule has 0 spiro atoms. The van der Waals surface area contributed by atoms with Gasteiger partial charge in [0.1, 0.15) is 0 Å². The van der Waals surface area contributed by atoms with E-state index in [1.54, 1.807) is 0 Å². The summed E-state index contributed by atoms with van der Waals surface area (Å²) in [4.78, 5) is 22.5. The van der Waals surface area contributed by atoms with Crippen LogP contribution < -0.4 is 5.11 Å². The third kappa shape index (κ3) is 7.58. The van der Waals surface area contributed by atoms with E-state index in [0.29, 0.717) is 12.8 Å². The van der Waals surface area contributed by atoms with Crippen LogP contribution in [0.5, 0.6) is 0 Å². The zero-order valence-corrected chi connectivity index (χ0v) is 14.1. The summed E-state index contributed by atoms with van der Waals surface area (Å²) < 4.78 is 43.7. The van der Waals surface area contributed by atoms with Crippen LogP contribution in [0.2, 0.25) is 0 Å². The number of carbonyl (C=O) groups is 2. The minimum absolute atomic E-state index is 0.137. The summed E-state index contributed by atoms with van der Waals surface area (Å²) in [7, 11) is 0. The molecular formula is C18H22F3O4-. The Morgan fingerprint density at radius 2 is 1.52 bits per heavy atom. The predicted octanol–water partition coefficient (Wildman–Crippen LogP) is 3.89. The van der Waals surface area contributed by atoms with Crippen LogP contribution in [0.15, 0.2) is 24.3 Å². The highest BCUT2D eigenvalue weighted by Gasteiger charge is 2.42. The maximum absolute atomic E-state index is 13.0. The number of benzene rings is 1. The quantitative estimate of drug-likeness (QED) is 0.470. The molecule has 0 aliphatic heterocycles. The molecule has 0 amide bonds. The number of ether oxygens (including phenoxy) is 1. The third-order valence-electron chi connectivity index (χ3n) is 3.79. The van der Waals surface area contributed by atoms with Crippen LogP contribution in [-0.4, -0.2) is 24.2 Å². The largest absolute Gasteiger partial charge is 0.545 e. The molecule has 0 aliphatic rings. The van der Waals surface area contributed by atoms with Crippen LogP contribution in [0.1, 0.15) is 72.6 Å². The lowest BCUT2D eigenvalue weighted by molar-refractivity contribution is -0.255.